The summed E-state index contributed by atoms with van der Waals surface area (Å²) >= 11 is 0. The molecule has 3 amide bonds. The predicted molar refractivity (Wildman–Crippen MR) is 140 cm³/mol. The number of ether oxygens (including phenoxy) is 2. The molecule has 8 heteroatoms. The number of hydrogen-bond donors (Lipinski definition) is 1. The average molecular weight is 517 g/mol. The first-order chi connectivity index (χ1) is 18.3. The van der Waals surface area contributed by atoms with Crippen molar-refractivity contribution in [3.05, 3.63) is 71.1 Å². The van der Waals surface area contributed by atoms with Crippen LogP contribution >= 0.6 is 0 Å². The molecule has 2 fully saturated rings. The van der Waals surface area contributed by atoms with Gasteiger partial charge < -0.3 is 14.6 Å². The first kappa shape index (κ1) is 25.9. The summed E-state index contributed by atoms with van der Waals surface area (Å²) in [6, 6.07) is 12.9. The van der Waals surface area contributed by atoms with Crippen molar-refractivity contribution in [3.63, 3.8) is 0 Å². The van der Waals surface area contributed by atoms with Gasteiger partial charge in [0.2, 0.25) is 11.8 Å². The second-order valence-electron chi connectivity index (χ2n) is 10.4. The van der Waals surface area contributed by atoms with Crippen LogP contribution in [0.4, 0.5) is 4.79 Å². The third kappa shape index (κ3) is 4.65. The van der Waals surface area contributed by atoms with Crippen LogP contribution in [0.5, 0.6) is 5.75 Å². The van der Waals surface area contributed by atoms with Gasteiger partial charge in [0.15, 0.2) is 0 Å². The summed E-state index contributed by atoms with van der Waals surface area (Å²) in [7, 11) is 1.17. The molecule has 38 heavy (non-hydrogen) atoms. The highest BCUT2D eigenvalue weighted by Gasteiger charge is 2.59. The normalized spacial score (nSPS) is 25.2. The Morgan fingerprint density at radius 2 is 2.00 bits per heavy atom. The minimum Gasteiger partial charge on any atom is -0.508 e. The average Bonchev–Trinajstić information content (AvgIpc) is 3.44. The summed E-state index contributed by atoms with van der Waals surface area (Å²) in [5.74, 6) is -2.01. The van der Waals surface area contributed by atoms with Gasteiger partial charge in [-0.1, -0.05) is 37.6 Å². The number of likely N-dealkylation sites (tertiary alicyclic amines) is 1. The standard InChI is InChI=1S/C30H32N2O6/c1-17(2)21-15-22-27(29(35)32(28(22)34)30(36)37-3)23-16-38-25(26(21)23)11-10-19(24-9-4-5-12-31-24)13-18-7-6-8-20(33)14-18/h4-9,12-14,17,22-23,25,27,33H,10-11,15-16H2,1-3H3/b19-13-/t22-,23+,25-,27-/m1/s1. The number of amides is 3. The molecular weight excluding hydrogens is 484 g/mol. The zero-order valence-electron chi connectivity index (χ0n) is 21.8. The van der Waals surface area contributed by atoms with Crippen molar-refractivity contribution in [2.24, 2.45) is 23.7 Å². The van der Waals surface area contributed by atoms with E-state index in [0.29, 0.717) is 30.8 Å². The molecule has 8 nitrogen and oxygen atoms in total. The number of methoxy groups -OCH3 is 1. The van der Waals surface area contributed by atoms with E-state index in [4.69, 9.17) is 9.47 Å². The maximum Gasteiger partial charge on any atom is 0.423 e. The van der Waals surface area contributed by atoms with Crippen molar-refractivity contribution in [3.8, 4) is 5.75 Å². The highest BCUT2D eigenvalue weighted by molar-refractivity contribution is 6.16. The topological polar surface area (TPSA) is 106 Å². The lowest BCUT2D eigenvalue weighted by atomic mass is 9.67. The zero-order chi connectivity index (χ0) is 27.0. The molecular formula is C30H32N2O6. The Morgan fingerprint density at radius 3 is 2.68 bits per heavy atom. The van der Waals surface area contributed by atoms with Crippen LogP contribution in [0.15, 0.2) is 59.8 Å². The molecule has 4 atom stereocenters. The number of hydrogen-bond acceptors (Lipinski definition) is 7. The Morgan fingerprint density at radius 1 is 1.18 bits per heavy atom. The number of phenolic OH excluding ortho intramolecular Hbond substituents is 1. The lowest BCUT2D eigenvalue weighted by molar-refractivity contribution is -0.137. The molecule has 198 valence electrons. The second-order valence-corrected chi connectivity index (χ2v) is 10.4. The van der Waals surface area contributed by atoms with Crippen molar-refractivity contribution >= 4 is 29.6 Å². The maximum atomic E-state index is 13.2. The number of imide groups is 3. The van der Waals surface area contributed by atoms with Gasteiger partial charge in [0.25, 0.3) is 0 Å². The summed E-state index contributed by atoms with van der Waals surface area (Å²) in [4.78, 5) is 43.8. The Bertz CT molecular complexity index is 1320. The molecule has 1 aliphatic carbocycles. The highest BCUT2D eigenvalue weighted by atomic mass is 16.5. The van der Waals surface area contributed by atoms with Crippen molar-refractivity contribution in [2.45, 2.75) is 39.2 Å². The van der Waals surface area contributed by atoms with E-state index in [-0.39, 0.29) is 23.7 Å². The Kier molecular flexibility index (Phi) is 7.17. The Balaban J connectivity index is 1.44. The van der Waals surface area contributed by atoms with Gasteiger partial charge in [0.1, 0.15) is 5.75 Å². The van der Waals surface area contributed by atoms with Crippen LogP contribution in [0, 0.1) is 23.7 Å². The molecule has 1 aromatic heterocycles. The minimum absolute atomic E-state index is 0.172. The lowest BCUT2D eigenvalue weighted by Crippen LogP contribution is -2.38. The van der Waals surface area contributed by atoms with E-state index in [1.165, 1.54) is 7.11 Å². The van der Waals surface area contributed by atoms with E-state index in [1.54, 1.807) is 24.4 Å². The summed E-state index contributed by atoms with van der Waals surface area (Å²) in [6.07, 6.45) is 4.43. The first-order valence-corrected chi connectivity index (χ1v) is 13.0. The van der Waals surface area contributed by atoms with Gasteiger partial charge in [-0.15, -0.1) is 0 Å². The van der Waals surface area contributed by atoms with E-state index >= 15 is 0 Å². The third-order valence-corrected chi connectivity index (χ3v) is 7.88. The number of benzene rings is 1. The van der Waals surface area contributed by atoms with Gasteiger partial charge in [0.05, 0.1) is 37.4 Å². The fourth-order valence-electron chi connectivity index (χ4n) is 6.16. The molecule has 3 heterocycles. The summed E-state index contributed by atoms with van der Waals surface area (Å²) in [5, 5.41) is 9.94. The van der Waals surface area contributed by atoms with Crippen molar-refractivity contribution < 1.29 is 29.0 Å². The summed E-state index contributed by atoms with van der Waals surface area (Å²) < 4.78 is 11.0. The molecule has 5 rings (SSSR count). The largest absolute Gasteiger partial charge is 0.508 e. The molecule has 2 saturated heterocycles. The van der Waals surface area contributed by atoms with Crippen LogP contribution in [0.25, 0.3) is 11.6 Å². The smallest absolute Gasteiger partial charge is 0.423 e. The Labute approximate surface area is 222 Å². The van der Waals surface area contributed by atoms with Crippen LogP contribution in [-0.4, -0.2) is 52.7 Å². The van der Waals surface area contributed by atoms with E-state index in [9.17, 15) is 19.5 Å². The molecule has 0 radical (unpaired) electrons. The van der Waals surface area contributed by atoms with E-state index in [2.05, 4.69) is 18.8 Å². The number of aromatic hydroxyl groups is 1. The number of allylic oxidation sites excluding steroid dienone is 2. The van der Waals surface area contributed by atoms with Crippen molar-refractivity contribution in [1.29, 1.82) is 0 Å². The summed E-state index contributed by atoms with van der Waals surface area (Å²) in [6.45, 7) is 4.52. The molecule has 0 bridgehead atoms. The number of carbonyl (C=O) groups excluding carboxylic acids is 3. The minimum atomic E-state index is -0.922. The number of rotatable bonds is 6. The van der Waals surface area contributed by atoms with Gasteiger partial charge in [0, 0.05) is 12.1 Å². The number of carbonyl (C=O) groups is 3. The number of phenols is 1. The second kappa shape index (κ2) is 10.5. The van der Waals surface area contributed by atoms with Gasteiger partial charge in [-0.25, -0.2) is 4.79 Å². The summed E-state index contributed by atoms with van der Waals surface area (Å²) in [5.41, 5.74) is 4.97. The van der Waals surface area contributed by atoms with Crippen LogP contribution in [0.1, 0.15) is 44.4 Å². The quantitative estimate of drug-likeness (QED) is 0.432. The maximum absolute atomic E-state index is 13.2. The monoisotopic (exact) mass is 516 g/mol. The van der Waals surface area contributed by atoms with Crippen molar-refractivity contribution in [1.82, 2.24) is 9.88 Å². The van der Waals surface area contributed by atoms with Gasteiger partial charge in [-0.05, 0) is 72.2 Å². The fraction of sp³-hybridized carbons (Fsp3) is 0.400. The van der Waals surface area contributed by atoms with Crippen molar-refractivity contribution in [2.75, 3.05) is 13.7 Å². The van der Waals surface area contributed by atoms with Gasteiger partial charge in [-0.2, -0.15) is 4.90 Å². The molecule has 0 saturated carbocycles. The molecule has 2 aliphatic heterocycles. The molecule has 1 aromatic carbocycles. The van der Waals surface area contributed by atoms with E-state index in [0.717, 1.165) is 28.0 Å². The fourth-order valence-corrected chi connectivity index (χ4v) is 6.16. The molecule has 3 aliphatic rings. The molecule has 0 unspecified atom stereocenters. The van der Waals surface area contributed by atoms with Crippen LogP contribution in [-0.2, 0) is 19.1 Å². The third-order valence-electron chi connectivity index (χ3n) is 7.88. The lowest BCUT2D eigenvalue weighted by Gasteiger charge is -2.33. The molecule has 1 N–H and O–H groups in total. The Hall–Kier alpha value is -3.78. The number of fused-ring (bicyclic) bond motifs is 3. The molecule has 2 aromatic rings. The number of aromatic nitrogens is 1. The van der Waals surface area contributed by atoms with Crippen LogP contribution in [0.3, 0.4) is 0 Å². The zero-order valence-corrected chi connectivity index (χ0v) is 21.8. The van der Waals surface area contributed by atoms with Crippen LogP contribution in [0.2, 0.25) is 0 Å². The predicted octanol–water partition coefficient (Wildman–Crippen LogP) is 4.85. The van der Waals surface area contributed by atoms with Crippen LogP contribution < -0.4 is 0 Å². The highest BCUT2D eigenvalue weighted by Crippen LogP contribution is 2.51. The van der Waals surface area contributed by atoms with E-state index < -0.39 is 29.7 Å². The van der Waals surface area contributed by atoms with E-state index in [1.807, 2.05) is 30.3 Å². The van der Waals surface area contributed by atoms with Gasteiger partial charge in [-0.3, -0.25) is 14.6 Å². The SMILES string of the molecule is COC(=O)N1C(=O)[C@@H]2[C@@H](CC(C(C)C)=C3[C@@H](CC/C(=C/c4cccc(O)c4)c4ccccn4)OC[C@@H]32)C1=O. The molecule has 0 spiro atoms. The van der Waals surface area contributed by atoms with Gasteiger partial charge >= 0.3 is 6.09 Å². The number of nitrogens with zero attached hydrogens (tertiary/aromatic N) is 2. The first-order valence-electron chi connectivity index (χ1n) is 13.0. The number of pyridine rings is 1.